The summed E-state index contributed by atoms with van der Waals surface area (Å²) in [7, 11) is 0. The SMILES string of the molecule is N#[N+]Nc1ccc(Cl)c(Cl)c1.[Cl-]. The predicted molar refractivity (Wildman–Crippen MR) is 45.2 cm³/mol. The van der Waals surface area contributed by atoms with Gasteiger partial charge in [-0.1, -0.05) is 23.2 Å². The third kappa shape index (κ3) is 2.74. The van der Waals surface area contributed by atoms with Crippen LogP contribution < -0.4 is 17.8 Å². The molecule has 0 unspecified atom stereocenters. The molecule has 0 aromatic heterocycles. The van der Waals surface area contributed by atoms with E-state index in [-0.39, 0.29) is 12.4 Å². The molecular weight excluding hydrogens is 220 g/mol. The van der Waals surface area contributed by atoms with Crippen molar-refractivity contribution in [3.63, 3.8) is 0 Å². The van der Waals surface area contributed by atoms with Crippen molar-refractivity contribution in [2.24, 2.45) is 0 Å². The maximum Gasteiger partial charge on any atom is 0.308 e. The first-order valence-electron chi connectivity index (χ1n) is 2.79. The number of hydrogen-bond acceptors (Lipinski definition) is 2. The van der Waals surface area contributed by atoms with Crippen molar-refractivity contribution in [2.75, 3.05) is 5.43 Å². The number of nitrogens with zero attached hydrogens (tertiary/aromatic N) is 2. The van der Waals surface area contributed by atoms with E-state index in [1.54, 1.807) is 18.2 Å². The van der Waals surface area contributed by atoms with E-state index in [9.17, 15) is 0 Å². The Morgan fingerprint density at radius 2 is 1.92 bits per heavy atom. The van der Waals surface area contributed by atoms with Gasteiger partial charge in [-0.3, -0.25) is 0 Å². The molecule has 0 saturated carbocycles. The van der Waals surface area contributed by atoms with Gasteiger partial charge in [0.15, 0.2) is 0 Å². The smallest absolute Gasteiger partial charge is 0.308 e. The standard InChI is InChI=1S/C6H4Cl2N3.ClH/c7-5-2-1-4(10-11-9)3-6(5)8;/h1-3,10H;1H/q+1;/p-1. The summed E-state index contributed by atoms with van der Waals surface area (Å²) in [6.45, 7) is 0. The van der Waals surface area contributed by atoms with Gasteiger partial charge in [-0.2, -0.15) is 0 Å². The van der Waals surface area contributed by atoms with E-state index >= 15 is 0 Å². The fraction of sp³-hybridized carbons (Fsp3) is 0. The zero-order valence-electron chi connectivity index (χ0n) is 5.76. The molecular formula is C6H4Cl3N3. The van der Waals surface area contributed by atoms with Gasteiger partial charge in [0.25, 0.3) is 5.39 Å². The van der Waals surface area contributed by atoms with E-state index in [1.807, 2.05) is 0 Å². The summed E-state index contributed by atoms with van der Waals surface area (Å²) in [5.74, 6) is 0. The van der Waals surface area contributed by atoms with E-state index in [0.29, 0.717) is 15.7 Å². The number of anilines is 1. The van der Waals surface area contributed by atoms with Crippen molar-refractivity contribution in [1.29, 1.82) is 5.39 Å². The molecule has 0 aliphatic rings. The van der Waals surface area contributed by atoms with Crippen LogP contribution in [0.15, 0.2) is 18.2 Å². The Bertz CT molecular complexity index is 307. The van der Waals surface area contributed by atoms with Gasteiger partial charge >= 0.3 is 5.08 Å². The average molecular weight is 224 g/mol. The molecule has 0 saturated heterocycles. The molecule has 0 spiro atoms. The average Bonchev–Trinajstić information content (AvgIpc) is 1.98. The van der Waals surface area contributed by atoms with Crippen molar-refractivity contribution in [3.05, 3.63) is 33.3 Å². The summed E-state index contributed by atoms with van der Waals surface area (Å²) < 4.78 is 0. The molecule has 1 aromatic carbocycles. The minimum Gasteiger partial charge on any atom is -1.00 e. The van der Waals surface area contributed by atoms with Crippen LogP contribution >= 0.6 is 23.2 Å². The van der Waals surface area contributed by atoms with Crippen LogP contribution in [0.2, 0.25) is 10.0 Å². The lowest BCUT2D eigenvalue weighted by Gasteiger charge is -1.93. The maximum atomic E-state index is 8.12. The highest BCUT2D eigenvalue weighted by Gasteiger charge is 2.01. The molecule has 0 heterocycles. The highest BCUT2D eigenvalue weighted by atomic mass is 35.5. The highest BCUT2D eigenvalue weighted by Crippen LogP contribution is 2.24. The summed E-state index contributed by atoms with van der Waals surface area (Å²) in [6.07, 6.45) is 0. The van der Waals surface area contributed by atoms with Gasteiger partial charge in [0.1, 0.15) is 5.69 Å². The summed E-state index contributed by atoms with van der Waals surface area (Å²) in [5, 5.41) is 11.7. The molecule has 1 rings (SSSR count). The molecule has 0 fully saturated rings. The van der Waals surface area contributed by atoms with Crippen LogP contribution in [-0.4, -0.2) is 0 Å². The van der Waals surface area contributed by atoms with Crippen LogP contribution in [0.25, 0.3) is 5.08 Å². The minimum atomic E-state index is 0. The van der Waals surface area contributed by atoms with Crippen molar-refractivity contribution in [3.8, 4) is 0 Å². The van der Waals surface area contributed by atoms with Crippen LogP contribution in [0.1, 0.15) is 0 Å². The largest absolute Gasteiger partial charge is 1.00 e. The lowest BCUT2D eigenvalue weighted by Crippen LogP contribution is -3.00. The first-order valence-corrected chi connectivity index (χ1v) is 3.55. The second-order valence-corrected chi connectivity index (χ2v) is 2.66. The third-order valence-electron chi connectivity index (χ3n) is 1.10. The molecule has 6 heteroatoms. The number of hydrogen-bond donors (Lipinski definition) is 1. The number of nitrogens with one attached hydrogen (secondary N) is 1. The second kappa shape index (κ2) is 5.04. The minimum absolute atomic E-state index is 0. The summed E-state index contributed by atoms with van der Waals surface area (Å²) in [6, 6.07) is 4.81. The van der Waals surface area contributed by atoms with E-state index < -0.39 is 0 Å². The third-order valence-corrected chi connectivity index (χ3v) is 1.84. The fourth-order valence-electron chi connectivity index (χ4n) is 0.623. The van der Waals surface area contributed by atoms with Crippen LogP contribution in [0.3, 0.4) is 0 Å². The predicted octanol–water partition coefficient (Wildman–Crippen LogP) is 0.177. The first-order chi connectivity index (χ1) is 5.24. The van der Waals surface area contributed by atoms with Gasteiger partial charge in [0, 0.05) is 0 Å². The fourth-order valence-corrected chi connectivity index (χ4v) is 0.922. The Labute approximate surface area is 85.7 Å². The first kappa shape index (κ1) is 11.3. The van der Waals surface area contributed by atoms with Gasteiger partial charge in [-0.25, -0.2) is 0 Å². The Hall–Kier alpha value is -0.690. The zero-order valence-corrected chi connectivity index (χ0v) is 8.03. The van der Waals surface area contributed by atoms with Gasteiger partial charge < -0.3 is 12.4 Å². The number of halogens is 3. The Kier molecular flexibility index (Phi) is 4.75. The molecule has 0 amide bonds. The second-order valence-electron chi connectivity index (χ2n) is 1.84. The Morgan fingerprint density at radius 3 is 2.42 bits per heavy atom. The van der Waals surface area contributed by atoms with E-state index in [0.717, 1.165) is 0 Å². The maximum absolute atomic E-state index is 8.12. The van der Waals surface area contributed by atoms with Gasteiger partial charge in [-0.05, 0) is 23.6 Å². The summed E-state index contributed by atoms with van der Waals surface area (Å²) in [5.41, 5.74) is 2.90. The number of rotatable bonds is 1. The van der Waals surface area contributed by atoms with Crippen LogP contribution in [-0.2, 0) is 0 Å². The molecule has 0 atom stereocenters. The summed E-state index contributed by atoms with van der Waals surface area (Å²) >= 11 is 11.3. The Balaban J connectivity index is 0.00000121. The molecule has 0 radical (unpaired) electrons. The molecule has 64 valence electrons. The number of benzene rings is 1. The van der Waals surface area contributed by atoms with Crippen molar-refractivity contribution < 1.29 is 12.4 Å². The van der Waals surface area contributed by atoms with Crippen LogP contribution in [0.5, 0.6) is 0 Å². The topological polar surface area (TPSA) is 40.2 Å². The molecule has 0 bridgehead atoms. The van der Waals surface area contributed by atoms with Crippen LogP contribution in [0, 0.1) is 5.39 Å². The van der Waals surface area contributed by atoms with Gasteiger partial charge in [-0.15, -0.1) is 0 Å². The molecule has 12 heavy (non-hydrogen) atoms. The molecule has 1 N–H and O–H groups in total. The summed E-state index contributed by atoms with van der Waals surface area (Å²) in [4.78, 5) is 0. The van der Waals surface area contributed by atoms with E-state index in [1.165, 1.54) is 0 Å². The molecule has 1 aromatic rings. The van der Waals surface area contributed by atoms with Crippen molar-refractivity contribution in [2.45, 2.75) is 0 Å². The van der Waals surface area contributed by atoms with Gasteiger partial charge in [0.2, 0.25) is 0 Å². The van der Waals surface area contributed by atoms with E-state index in [2.05, 4.69) is 10.5 Å². The lowest BCUT2D eigenvalue weighted by molar-refractivity contribution is -0.00000228. The van der Waals surface area contributed by atoms with Crippen molar-refractivity contribution in [1.82, 2.24) is 0 Å². The normalized spacial score (nSPS) is 8.08. The van der Waals surface area contributed by atoms with Crippen LogP contribution in [0.4, 0.5) is 5.69 Å². The molecule has 0 aliphatic heterocycles. The quantitative estimate of drug-likeness (QED) is 0.546. The molecule has 3 nitrogen and oxygen atoms in total. The monoisotopic (exact) mass is 223 g/mol. The molecule has 0 aliphatic carbocycles. The van der Waals surface area contributed by atoms with Crippen molar-refractivity contribution >= 4 is 28.9 Å². The Morgan fingerprint density at radius 1 is 1.25 bits per heavy atom. The van der Waals surface area contributed by atoms with Gasteiger partial charge in [0.05, 0.1) is 10.0 Å². The number of diazo groups is 1. The zero-order chi connectivity index (χ0) is 8.27. The van der Waals surface area contributed by atoms with E-state index in [4.69, 9.17) is 28.6 Å². The lowest BCUT2D eigenvalue weighted by atomic mass is 10.3. The highest BCUT2D eigenvalue weighted by molar-refractivity contribution is 6.42.